The maximum Gasteiger partial charge on any atom is 0.255 e. The van der Waals surface area contributed by atoms with Gasteiger partial charge in [-0.2, -0.15) is 0 Å². The number of piperidine rings is 1. The van der Waals surface area contributed by atoms with Crippen molar-refractivity contribution in [3.05, 3.63) is 32.7 Å². The highest BCUT2D eigenvalue weighted by atomic mass is 79.9. The van der Waals surface area contributed by atoms with Crippen molar-refractivity contribution in [2.24, 2.45) is 5.92 Å². The smallest absolute Gasteiger partial charge is 0.255 e. The first-order valence-corrected chi connectivity index (χ1v) is 8.63. The summed E-state index contributed by atoms with van der Waals surface area (Å²) in [6.07, 6.45) is 2.17. The van der Waals surface area contributed by atoms with Crippen LogP contribution in [0.3, 0.4) is 0 Å². The molecule has 0 aliphatic carbocycles. The van der Waals surface area contributed by atoms with Crippen LogP contribution in [0.1, 0.15) is 23.2 Å². The average molecular weight is 440 g/mol. The van der Waals surface area contributed by atoms with Gasteiger partial charge in [-0.3, -0.25) is 4.79 Å². The van der Waals surface area contributed by atoms with Crippen LogP contribution < -0.4 is 0 Å². The number of nitrogens with zero attached hydrogens (tertiary/aromatic N) is 1. The Morgan fingerprint density at radius 3 is 2.56 bits per heavy atom. The van der Waals surface area contributed by atoms with Gasteiger partial charge in [0, 0.05) is 27.4 Å². The van der Waals surface area contributed by atoms with Crippen LogP contribution in [-0.4, -0.2) is 29.2 Å². The second kappa shape index (κ2) is 6.53. The molecule has 2 nitrogen and oxygen atoms in total. The Morgan fingerprint density at radius 2 is 1.94 bits per heavy atom. The molecule has 1 saturated heterocycles. The molecule has 1 fully saturated rings. The predicted octanol–water partition coefficient (Wildman–Crippen LogP) is 4.46. The van der Waals surface area contributed by atoms with Crippen molar-refractivity contribution in [2.75, 3.05) is 18.4 Å². The minimum Gasteiger partial charge on any atom is -0.339 e. The van der Waals surface area contributed by atoms with E-state index in [1.54, 1.807) is 0 Å². The summed E-state index contributed by atoms with van der Waals surface area (Å²) in [5.41, 5.74) is 0.738. The number of carbonyl (C=O) groups is 1. The first-order valence-electron chi connectivity index (χ1n) is 5.92. The van der Waals surface area contributed by atoms with Gasteiger partial charge in [0.15, 0.2) is 0 Å². The van der Waals surface area contributed by atoms with Gasteiger partial charge in [0.05, 0.1) is 5.56 Å². The van der Waals surface area contributed by atoms with Crippen LogP contribution in [0.2, 0.25) is 0 Å². The van der Waals surface area contributed by atoms with Gasteiger partial charge in [-0.25, -0.2) is 0 Å². The van der Waals surface area contributed by atoms with Crippen LogP contribution in [0.4, 0.5) is 0 Å². The van der Waals surface area contributed by atoms with E-state index in [4.69, 9.17) is 0 Å². The Morgan fingerprint density at radius 1 is 1.28 bits per heavy atom. The van der Waals surface area contributed by atoms with Crippen molar-refractivity contribution < 1.29 is 4.79 Å². The summed E-state index contributed by atoms with van der Waals surface area (Å²) in [5, 5.41) is 1.04. The number of hydrogen-bond donors (Lipinski definition) is 0. The lowest BCUT2D eigenvalue weighted by Crippen LogP contribution is -2.38. The van der Waals surface area contributed by atoms with Gasteiger partial charge in [0.25, 0.3) is 5.91 Å². The molecule has 0 radical (unpaired) electrons. The van der Waals surface area contributed by atoms with Crippen LogP contribution in [0, 0.1) is 5.92 Å². The Balaban J connectivity index is 2.10. The lowest BCUT2D eigenvalue weighted by Gasteiger charge is -2.31. The van der Waals surface area contributed by atoms with Gasteiger partial charge < -0.3 is 4.90 Å². The maximum absolute atomic E-state index is 12.4. The van der Waals surface area contributed by atoms with Gasteiger partial charge in [-0.15, -0.1) is 0 Å². The summed E-state index contributed by atoms with van der Waals surface area (Å²) >= 11 is 10.4. The molecule has 0 N–H and O–H groups in total. The third-order valence-electron chi connectivity index (χ3n) is 3.28. The summed E-state index contributed by atoms with van der Waals surface area (Å²) in [6, 6.07) is 5.71. The normalized spacial score (nSPS) is 16.9. The second-order valence-electron chi connectivity index (χ2n) is 4.51. The SMILES string of the molecule is O=C(c1cc(Br)ccc1Br)N1CCC(CBr)CC1. The van der Waals surface area contributed by atoms with Crippen LogP contribution in [0.5, 0.6) is 0 Å². The summed E-state index contributed by atoms with van der Waals surface area (Å²) in [4.78, 5) is 14.4. The maximum atomic E-state index is 12.4. The lowest BCUT2D eigenvalue weighted by molar-refractivity contribution is 0.0698. The van der Waals surface area contributed by atoms with E-state index in [0.29, 0.717) is 5.92 Å². The number of alkyl halides is 1. The Kier molecular flexibility index (Phi) is 5.27. The molecule has 1 aromatic rings. The van der Waals surface area contributed by atoms with Crippen LogP contribution in [-0.2, 0) is 0 Å². The summed E-state index contributed by atoms with van der Waals surface area (Å²) in [5.74, 6) is 0.830. The third kappa shape index (κ3) is 3.36. The molecule has 98 valence electrons. The zero-order valence-electron chi connectivity index (χ0n) is 9.83. The predicted molar refractivity (Wildman–Crippen MR) is 84.3 cm³/mol. The van der Waals surface area contributed by atoms with E-state index >= 15 is 0 Å². The summed E-state index contributed by atoms with van der Waals surface area (Å²) < 4.78 is 1.79. The zero-order valence-corrected chi connectivity index (χ0v) is 14.6. The first kappa shape index (κ1) is 14.5. The number of carbonyl (C=O) groups excluding carboxylic acids is 1. The topological polar surface area (TPSA) is 20.3 Å². The number of hydrogen-bond acceptors (Lipinski definition) is 1. The summed E-state index contributed by atoms with van der Waals surface area (Å²) in [6.45, 7) is 1.71. The van der Waals surface area contributed by atoms with Gasteiger partial charge in [0.2, 0.25) is 0 Å². The Bertz CT molecular complexity index is 442. The van der Waals surface area contributed by atoms with Crippen molar-refractivity contribution in [3.8, 4) is 0 Å². The number of rotatable bonds is 2. The molecule has 0 saturated carbocycles. The molecule has 1 aliphatic rings. The van der Waals surface area contributed by atoms with Crippen molar-refractivity contribution in [3.63, 3.8) is 0 Å². The van der Waals surface area contributed by atoms with E-state index in [0.717, 1.165) is 45.8 Å². The van der Waals surface area contributed by atoms with Gasteiger partial charge in [-0.1, -0.05) is 31.9 Å². The monoisotopic (exact) mass is 437 g/mol. The minimum atomic E-state index is 0.121. The molecule has 5 heteroatoms. The van der Waals surface area contributed by atoms with Crippen molar-refractivity contribution in [2.45, 2.75) is 12.8 Å². The molecule has 2 rings (SSSR count). The number of likely N-dealkylation sites (tertiary alicyclic amines) is 1. The Hall–Kier alpha value is 0.130. The molecule has 1 amide bonds. The molecular formula is C13H14Br3NO. The highest BCUT2D eigenvalue weighted by molar-refractivity contribution is 9.11. The van der Waals surface area contributed by atoms with Crippen molar-refractivity contribution in [1.29, 1.82) is 0 Å². The quantitative estimate of drug-likeness (QED) is 0.623. The molecule has 0 spiro atoms. The number of amides is 1. The van der Waals surface area contributed by atoms with Crippen LogP contribution in [0.15, 0.2) is 27.1 Å². The molecule has 1 heterocycles. The first-order chi connectivity index (χ1) is 8.61. The van der Waals surface area contributed by atoms with Crippen molar-refractivity contribution in [1.82, 2.24) is 4.90 Å². The van der Waals surface area contributed by atoms with E-state index in [1.165, 1.54) is 0 Å². The van der Waals surface area contributed by atoms with Gasteiger partial charge >= 0.3 is 0 Å². The molecule has 1 aliphatic heterocycles. The third-order valence-corrected chi connectivity index (χ3v) is 5.38. The molecule has 18 heavy (non-hydrogen) atoms. The highest BCUT2D eigenvalue weighted by Crippen LogP contribution is 2.25. The fourth-order valence-electron chi connectivity index (χ4n) is 2.12. The molecule has 0 unspecified atom stereocenters. The molecule has 1 aromatic carbocycles. The van der Waals surface area contributed by atoms with Crippen LogP contribution >= 0.6 is 47.8 Å². The van der Waals surface area contributed by atoms with Gasteiger partial charge in [-0.05, 0) is 52.9 Å². The minimum absolute atomic E-state index is 0.121. The second-order valence-corrected chi connectivity index (χ2v) is 6.93. The van der Waals surface area contributed by atoms with Crippen molar-refractivity contribution >= 4 is 53.7 Å². The van der Waals surface area contributed by atoms with E-state index in [1.807, 2.05) is 23.1 Å². The largest absolute Gasteiger partial charge is 0.339 e. The molecule has 0 aromatic heterocycles. The Labute approximate surface area is 133 Å². The number of benzene rings is 1. The highest BCUT2D eigenvalue weighted by Gasteiger charge is 2.24. The molecule has 0 atom stereocenters. The molecular weight excluding hydrogens is 426 g/mol. The fraction of sp³-hybridized carbons (Fsp3) is 0.462. The summed E-state index contributed by atoms with van der Waals surface area (Å²) in [7, 11) is 0. The van der Waals surface area contributed by atoms with E-state index in [9.17, 15) is 4.79 Å². The zero-order chi connectivity index (χ0) is 13.1. The van der Waals surface area contributed by atoms with E-state index in [-0.39, 0.29) is 5.91 Å². The van der Waals surface area contributed by atoms with E-state index in [2.05, 4.69) is 47.8 Å². The standard InChI is InChI=1S/C13H14Br3NO/c14-8-9-3-5-17(6-4-9)13(18)11-7-10(15)1-2-12(11)16/h1-2,7,9H,3-6,8H2. The van der Waals surface area contributed by atoms with E-state index < -0.39 is 0 Å². The fourth-order valence-corrected chi connectivity index (χ4v) is 3.55. The van der Waals surface area contributed by atoms with Gasteiger partial charge in [0.1, 0.15) is 0 Å². The average Bonchev–Trinajstić information content (AvgIpc) is 2.41. The molecule has 0 bridgehead atoms. The van der Waals surface area contributed by atoms with Crippen LogP contribution in [0.25, 0.3) is 0 Å². The lowest BCUT2D eigenvalue weighted by atomic mass is 9.98. The number of halogens is 3.